The van der Waals surface area contributed by atoms with Gasteiger partial charge in [0.05, 0.1) is 10.9 Å². The number of hydrogen-bond acceptors (Lipinski definition) is 2. The molecule has 76 valence electrons. The Kier molecular flexibility index (Phi) is 3.55. The summed E-state index contributed by atoms with van der Waals surface area (Å²) >= 11 is 11.3. The van der Waals surface area contributed by atoms with E-state index >= 15 is 0 Å². The number of nitrogens with zero attached hydrogens (tertiary/aromatic N) is 1. The summed E-state index contributed by atoms with van der Waals surface area (Å²) in [7, 11) is 0. The van der Waals surface area contributed by atoms with Crippen molar-refractivity contribution in [3.63, 3.8) is 0 Å². The molecule has 0 atom stereocenters. The Morgan fingerprint density at radius 1 is 1.57 bits per heavy atom. The molecule has 0 saturated heterocycles. The van der Waals surface area contributed by atoms with Crippen LogP contribution in [0.15, 0.2) is 17.1 Å². The molecule has 0 aliphatic heterocycles. The highest BCUT2D eigenvalue weighted by molar-refractivity contribution is 6.34. The third-order valence-electron chi connectivity index (χ3n) is 1.63. The summed E-state index contributed by atoms with van der Waals surface area (Å²) in [5, 5.41) is 7.48. The molecule has 1 heterocycles. The molecule has 0 aliphatic rings. The van der Waals surface area contributed by atoms with Gasteiger partial charge < -0.3 is 10.3 Å². The van der Waals surface area contributed by atoms with E-state index in [1.165, 1.54) is 16.8 Å². The Bertz CT molecular complexity index is 414. The highest BCUT2D eigenvalue weighted by Crippen LogP contribution is 2.11. The van der Waals surface area contributed by atoms with Gasteiger partial charge >= 0.3 is 0 Å². The van der Waals surface area contributed by atoms with Crippen molar-refractivity contribution in [3.8, 4) is 0 Å². The Balaban J connectivity index is 2.97. The highest BCUT2D eigenvalue weighted by atomic mass is 35.5. The van der Waals surface area contributed by atoms with Gasteiger partial charge in [0, 0.05) is 19.2 Å². The van der Waals surface area contributed by atoms with Crippen LogP contribution in [0.25, 0.3) is 0 Å². The van der Waals surface area contributed by atoms with Crippen LogP contribution in [0, 0.1) is 5.41 Å². The van der Waals surface area contributed by atoms with Crippen LogP contribution < -0.4 is 11.3 Å². The van der Waals surface area contributed by atoms with E-state index in [2.05, 4.69) is 0 Å². The predicted molar refractivity (Wildman–Crippen MR) is 57.3 cm³/mol. The van der Waals surface area contributed by atoms with Crippen LogP contribution >= 0.6 is 23.2 Å². The number of amidine groups is 1. The van der Waals surface area contributed by atoms with E-state index in [4.69, 9.17) is 34.3 Å². The Hall–Kier alpha value is -1.00. The zero-order chi connectivity index (χ0) is 10.7. The van der Waals surface area contributed by atoms with Gasteiger partial charge in [-0.05, 0) is 6.07 Å². The molecule has 4 nitrogen and oxygen atoms in total. The maximum Gasteiger partial charge on any atom is 0.269 e. The van der Waals surface area contributed by atoms with Crippen LogP contribution in [0.3, 0.4) is 0 Å². The first-order valence-corrected chi connectivity index (χ1v) is 4.64. The number of pyridine rings is 1. The van der Waals surface area contributed by atoms with Crippen LogP contribution in [0.2, 0.25) is 10.0 Å². The maximum atomic E-state index is 11.4. The summed E-state index contributed by atoms with van der Waals surface area (Å²) in [6.07, 6.45) is 1.77. The summed E-state index contributed by atoms with van der Waals surface area (Å²) in [5.74, 6) is 0.0213. The zero-order valence-corrected chi connectivity index (χ0v) is 8.77. The SMILES string of the molecule is N=C(N)CCn1cc(Cl)cc(Cl)c1=O. The van der Waals surface area contributed by atoms with E-state index in [0.717, 1.165) is 0 Å². The molecule has 0 unspecified atom stereocenters. The second-order valence-corrected chi connectivity index (χ2v) is 3.62. The van der Waals surface area contributed by atoms with E-state index in [9.17, 15) is 4.79 Å². The Morgan fingerprint density at radius 2 is 2.21 bits per heavy atom. The van der Waals surface area contributed by atoms with Gasteiger partial charge in [0.15, 0.2) is 0 Å². The molecule has 3 N–H and O–H groups in total. The fourth-order valence-electron chi connectivity index (χ4n) is 0.972. The average Bonchev–Trinajstić information content (AvgIpc) is 2.08. The smallest absolute Gasteiger partial charge is 0.269 e. The van der Waals surface area contributed by atoms with Gasteiger partial charge in [-0.1, -0.05) is 23.2 Å². The third-order valence-corrected chi connectivity index (χ3v) is 2.11. The molecule has 0 saturated carbocycles. The quantitative estimate of drug-likeness (QED) is 0.614. The van der Waals surface area contributed by atoms with Crippen molar-refractivity contribution in [2.45, 2.75) is 13.0 Å². The number of halogens is 2. The van der Waals surface area contributed by atoms with E-state index in [1.807, 2.05) is 0 Å². The lowest BCUT2D eigenvalue weighted by atomic mass is 10.4. The van der Waals surface area contributed by atoms with Crippen LogP contribution in [0.5, 0.6) is 0 Å². The molecule has 0 amide bonds. The van der Waals surface area contributed by atoms with Gasteiger partial charge in [-0.3, -0.25) is 10.2 Å². The lowest BCUT2D eigenvalue weighted by Crippen LogP contribution is -2.23. The second kappa shape index (κ2) is 4.48. The van der Waals surface area contributed by atoms with Crippen molar-refractivity contribution in [1.29, 1.82) is 5.41 Å². The molecule has 1 aromatic heterocycles. The summed E-state index contributed by atoms with van der Waals surface area (Å²) in [6.45, 7) is 0.314. The molecule has 0 aliphatic carbocycles. The molecule has 0 aromatic carbocycles. The molecular weight excluding hydrogens is 225 g/mol. The molecule has 1 aromatic rings. The van der Waals surface area contributed by atoms with E-state index in [0.29, 0.717) is 18.0 Å². The molecule has 6 heteroatoms. The molecule has 0 bridgehead atoms. The minimum Gasteiger partial charge on any atom is -0.388 e. The molecular formula is C8H9Cl2N3O. The molecule has 0 fully saturated rings. The first-order chi connectivity index (χ1) is 6.50. The van der Waals surface area contributed by atoms with E-state index in [1.54, 1.807) is 0 Å². The average molecular weight is 234 g/mol. The summed E-state index contributed by atoms with van der Waals surface area (Å²) in [5.41, 5.74) is 4.85. The van der Waals surface area contributed by atoms with Crippen LogP contribution in [-0.2, 0) is 6.54 Å². The van der Waals surface area contributed by atoms with Gasteiger partial charge in [-0.15, -0.1) is 0 Å². The molecule has 14 heavy (non-hydrogen) atoms. The van der Waals surface area contributed by atoms with Crippen molar-refractivity contribution in [2.75, 3.05) is 0 Å². The molecule has 1 rings (SSSR count). The number of aromatic nitrogens is 1. The number of nitrogens with two attached hydrogens (primary N) is 1. The minimum absolute atomic E-state index is 0.0213. The Labute approximate surface area is 90.7 Å². The Morgan fingerprint density at radius 3 is 2.79 bits per heavy atom. The monoisotopic (exact) mass is 233 g/mol. The largest absolute Gasteiger partial charge is 0.388 e. The van der Waals surface area contributed by atoms with Gasteiger partial charge in [-0.25, -0.2) is 0 Å². The molecule has 0 radical (unpaired) electrons. The van der Waals surface area contributed by atoms with E-state index in [-0.39, 0.29) is 16.4 Å². The lowest BCUT2D eigenvalue weighted by Gasteiger charge is -2.05. The van der Waals surface area contributed by atoms with Crippen molar-refractivity contribution in [3.05, 3.63) is 32.7 Å². The summed E-state index contributed by atoms with van der Waals surface area (Å²) in [6, 6.07) is 1.38. The topological polar surface area (TPSA) is 71.9 Å². The lowest BCUT2D eigenvalue weighted by molar-refractivity contribution is 0.691. The van der Waals surface area contributed by atoms with Crippen molar-refractivity contribution < 1.29 is 0 Å². The minimum atomic E-state index is -0.322. The van der Waals surface area contributed by atoms with Crippen molar-refractivity contribution in [1.82, 2.24) is 4.57 Å². The fraction of sp³-hybridized carbons (Fsp3) is 0.250. The van der Waals surface area contributed by atoms with Gasteiger partial charge in [0.25, 0.3) is 5.56 Å². The number of hydrogen-bond donors (Lipinski definition) is 2. The number of rotatable bonds is 3. The third kappa shape index (κ3) is 2.75. The van der Waals surface area contributed by atoms with Crippen molar-refractivity contribution >= 4 is 29.0 Å². The standard InChI is InChI=1S/C8H9Cl2N3O/c9-5-3-6(10)8(14)13(4-5)2-1-7(11)12/h3-4H,1-2H2,(H3,11,12). The van der Waals surface area contributed by atoms with Crippen molar-refractivity contribution in [2.24, 2.45) is 5.73 Å². The van der Waals surface area contributed by atoms with Gasteiger partial charge in [0.1, 0.15) is 5.02 Å². The maximum absolute atomic E-state index is 11.4. The fourth-order valence-corrected chi connectivity index (χ4v) is 1.48. The van der Waals surface area contributed by atoms with E-state index < -0.39 is 0 Å². The normalized spacial score (nSPS) is 10.1. The number of nitrogens with one attached hydrogen (secondary N) is 1. The zero-order valence-electron chi connectivity index (χ0n) is 7.26. The van der Waals surface area contributed by atoms with Gasteiger partial charge in [0.2, 0.25) is 0 Å². The van der Waals surface area contributed by atoms with Crippen LogP contribution in [-0.4, -0.2) is 10.4 Å². The predicted octanol–water partition coefficient (Wildman–Crippen LogP) is 1.48. The van der Waals surface area contributed by atoms with Gasteiger partial charge in [-0.2, -0.15) is 0 Å². The number of aryl methyl sites for hydroxylation is 1. The highest BCUT2D eigenvalue weighted by Gasteiger charge is 2.03. The summed E-state index contributed by atoms with van der Waals surface area (Å²) < 4.78 is 1.34. The summed E-state index contributed by atoms with van der Waals surface area (Å²) in [4.78, 5) is 11.4. The van der Waals surface area contributed by atoms with Crippen LogP contribution in [0.1, 0.15) is 6.42 Å². The molecule has 0 spiro atoms. The second-order valence-electron chi connectivity index (χ2n) is 2.78. The first kappa shape index (κ1) is 11.1. The van der Waals surface area contributed by atoms with Crippen LogP contribution in [0.4, 0.5) is 0 Å². The first-order valence-electron chi connectivity index (χ1n) is 3.89.